The predicted octanol–water partition coefficient (Wildman–Crippen LogP) is 1.66. The quantitative estimate of drug-likeness (QED) is 0.841. The molecule has 1 aromatic carbocycles. The van der Waals surface area contributed by atoms with E-state index in [1.54, 1.807) is 0 Å². The van der Waals surface area contributed by atoms with E-state index in [1.807, 2.05) is 6.33 Å². The van der Waals surface area contributed by atoms with Gasteiger partial charge in [0.2, 0.25) is 0 Å². The van der Waals surface area contributed by atoms with E-state index in [0.29, 0.717) is 0 Å². The van der Waals surface area contributed by atoms with Crippen LogP contribution >= 0.6 is 0 Å². The minimum Gasteiger partial charge on any atom is -0.385 e. The molecule has 0 spiro atoms. The Kier molecular flexibility index (Phi) is 2.43. The van der Waals surface area contributed by atoms with Gasteiger partial charge in [0.15, 0.2) is 5.82 Å². The fraction of sp³-hybridized carbons (Fsp3) is 0.429. The Morgan fingerprint density at radius 3 is 3.21 bits per heavy atom. The summed E-state index contributed by atoms with van der Waals surface area (Å²) in [6, 6.07) is 6.75. The molecule has 1 N–H and O–H groups in total. The average molecular weight is 255 g/mol. The molecule has 0 fully saturated rings. The Bertz CT molecular complexity index is 604. The van der Waals surface area contributed by atoms with Crippen LogP contribution in [0.15, 0.2) is 24.5 Å². The summed E-state index contributed by atoms with van der Waals surface area (Å²) >= 11 is 0. The molecule has 0 amide bonds. The molecule has 0 saturated carbocycles. The van der Waals surface area contributed by atoms with Gasteiger partial charge in [-0.05, 0) is 36.6 Å². The van der Waals surface area contributed by atoms with Crippen molar-refractivity contribution in [2.75, 3.05) is 23.3 Å². The summed E-state index contributed by atoms with van der Waals surface area (Å²) in [6.07, 6.45) is 4.23. The number of nitrogens with one attached hydrogen (secondary N) is 1. The number of fused-ring (bicyclic) bond motifs is 2. The van der Waals surface area contributed by atoms with Crippen LogP contribution in [0.2, 0.25) is 0 Å². The lowest BCUT2D eigenvalue weighted by Gasteiger charge is -2.30. The highest BCUT2D eigenvalue weighted by atomic mass is 15.3. The molecule has 0 saturated heterocycles. The second kappa shape index (κ2) is 4.26. The summed E-state index contributed by atoms with van der Waals surface area (Å²) in [6.45, 7) is 3.94. The summed E-state index contributed by atoms with van der Waals surface area (Å²) in [5.74, 6) is 1.06. The van der Waals surface area contributed by atoms with Crippen LogP contribution < -0.4 is 10.2 Å². The summed E-state index contributed by atoms with van der Waals surface area (Å²) in [7, 11) is 0. The van der Waals surface area contributed by atoms with Crippen molar-refractivity contribution in [3.63, 3.8) is 0 Å². The van der Waals surface area contributed by atoms with Crippen LogP contribution in [0.4, 0.5) is 11.4 Å². The lowest BCUT2D eigenvalue weighted by molar-refractivity contribution is 0.560. The van der Waals surface area contributed by atoms with Crippen molar-refractivity contribution in [2.45, 2.75) is 25.9 Å². The maximum absolute atomic E-state index is 4.18. The van der Waals surface area contributed by atoms with Gasteiger partial charge in [-0.25, -0.2) is 0 Å². The lowest BCUT2D eigenvalue weighted by Crippen LogP contribution is -2.33. The first-order valence-corrected chi connectivity index (χ1v) is 6.88. The van der Waals surface area contributed by atoms with E-state index < -0.39 is 0 Å². The summed E-state index contributed by atoms with van der Waals surface area (Å²) in [5, 5.41) is 11.6. The van der Waals surface area contributed by atoms with Crippen LogP contribution in [0.1, 0.15) is 17.8 Å². The van der Waals surface area contributed by atoms with Crippen molar-refractivity contribution in [3.8, 4) is 0 Å². The second-order valence-electron chi connectivity index (χ2n) is 5.23. The van der Waals surface area contributed by atoms with Crippen molar-refractivity contribution >= 4 is 11.4 Å². The minimum atomic E-state index is 0.853. The van der Waals surface area contributed by atoms with Gasteiger partial charge in [-0.15, -0.1) is 10.2 Å². The van der Waals surface area contributed by atoms with Gasteiger partial charge in [0.25, 0.3) is 0 Å². The van der Waals surface area contributed by atoms with Gasteiger partial charge >= 0.3 is 0 Å². The van der Waals surface area contributed by atoms with Crippen molar-refractivity contribution in [2.24, 2.45) is 0 Å². The third kappa shape index (κ3) is 1.85. The molecule has 0 bridgehead atoms. The van der Waals surface area contributed by atoms with Crippen LogP contribution in [-0.2, 0) is 19.5 Å². The van der Waals surface area contributed by atoms with Crippen LogP contribution in [0, 0.1) is 0 Å². The Labute approximate surface area is 112 Å². The van der Waals surface area contributed by atoms with Gasteiger partial charge in [-0.2, -0.15) is 0 Å². The summed E-state index contributed by atoms with van der Waals surface area (Å²) < 4.78 is 2.14. The zero-order valence-corrected chi connectivity index (χ0v) is 10.8. The Hall–Kier alpha value is -2.04. The maximum Gasteiger partial charge on any atom is 0.152 e. The third-order valence-electron chi connectivity index (χ3n) is 4.03. The number of aryl methyl sites for hydroxylation is 1. The molecule has 3 heterocycles. The number of hydrogen-bond donors (Lipinski definition) is 1. The maximum atomic E-state index is 4.18. The minimum absolute atomic E-state index is 0.853. The van der Waals surface area contributed by atoms with E-state index in [-0.39, 0.29) is 0 Å². The van der Waals surface area contributed by atoms with Crippen LogP contribution in [0.25, 0.3) is 0 Å². The normalized spacial score (nSPS) is 17.6. The third-order valence-corrected chi connectivity index (χ3v) is 4.03. The first kappa shape index (κ1) is 10.8. The largest absolute Gasteiger partial charge is 0.385 e. The topological polar surface area (TPSA) is 46.0 Å². The number of anilines is 2. The molecule has 0 aliphatic carbocycles. The molecule has 0 unspecified atom stereocenters. The average Bonchev–Trinajstić information content (AvgIpc) is 2.94. The number of benzene rings is 1. The van der Waals surface area contributed by atoms with E-state index in [4.69, 9.17) is 0 Å². The van der Waals surface area contributed by atoms with Crippen molar-refractivity contribution in [1.29, 1.82) is 0 Å². The first-order chi connectivity index (χ1) is 9.40. The first-order valence-electron chi connectivity index (χ1n) is 6.88. The van der Waals surface area contributed by atoms with Crippen LogP contribution in [-0.4, -0.2) is 27.9 Å². The van der Waals surface area contributed by atoms with E-state index >= 15 is 0 Å². The molecule has 2 aliphatic rings. The van der Waals surface area contributed by atoms with Gasteiger partial charge in [0, 0.05) is 31.0 Å². The molecule has 5 nitrogen and oxygen atoms in total. The van der Waals surface area contributed by atoms with Gasteiger partial charge in [-0.3, -0.25) is 0 Å². The number of hydrogen-bond acceptors (Lipinski definition) is 4. The van der Waals surface area contributed by atoms with Crippen LogP contribution in [0.3, 0.4) is 0 Å². The van der Waals surface area contributed by atoms with Crippen molar-refractivity contribution in [1.82, 2.24) is 14.8 Å². The summed E-state index contributed by atoms with van der Waals surface area (Å²) in [4.78, 5) is 2.39. The number of nitrogens with zero attached hydrogens (tertiary/aromatic N) is 4. The summed E-state index contributed by atoms with van der Waals surface area (Å²) in [5.41, 5.74) is 4.04. The SMILES string of the molecule is c1cc2c(cc1N1CCn3cnnc3C1)CCCN2. The molecule has 0 atom stereocenters. The molecule has 19 heavy (non-hydrogen) atoms. The van der Waals surface area contributed by atoms with Gasteiger partial charge in [-0.1, -0.05) is 0 Å². The molecular formula is C14H17N5. The number of rotatable bonds is 1. The highest BCUT2D eigenvalue weighted by Gasteiger charge is 2.19. The molecule has 0 radical (unpaired) electrons. The Morgan fingerprint density at radius 2 is 2.21 bits per heavy atom. The smallest absolute Gasteiger partial charge is 0.152 e. The fourth-order valence-corrected chi connectivity index (χ4v) is 2.94. The van der Waals surface area contributed by atoms with E-state index in [0.717, 1.165) is 32.0 Å². The van der Waals surface area contributed by atoms with Crippen molar-refractivity contribution in [3.05, 3.63) is 35.9 Å². The highest BCUT2D eigenvalue weighted by Crippen LogP contribution is 2.28. The molecule has 5 heteroatoms. The fourth-order valence-electron chi connectivity index (χ4n) is 2.94. The molecule has 98 valence electrons. The highest BCUT2D eigenvalue weighted by molar-refractivity contribution is 5.61. The lowest BCUT2D eigenvalue weighted by atomic mass is 10.0. The molecule has 2 aliphatic heterocycles. The monoisotopic (exact) mass is 255 g/mol. The molecule has 2 aromatic rings. The Morgan fingerprint density at radius 1 is 1.21 bits per heavy atom. The van der Waals surface area contributed by atoms with Crippen LogP contribution in [0.5, 0.6) is 0 Å². The van der Waals surface area contributed by atoms with Gasteiger partial charge in [0.05, 0.1) is 6.54 Å². The number of aromatic nitrogens is 3. The predicted molar refractivity (Wildman–Crippen MR) is 74.3 cm³/mol. The molecule has 4 rings (SSSR count). The second-order valence-corrected chi connectivity index (χ2v) is 5.23. The van der Waals surface area contributed by atoms with E-state index in [2.05, 4.69) is 43.2 Å². The van der Waals surface area contributed by atoms with Gasteiger partial charge < -0.3 is 14.8 Å². The molecule has 1 aromatic heterocycles. The Balaban J connectivity index is 1.63. The van der Waals surface area contributed by atoms with Crippen molar-refractivity contribution < 1.29 is 0 Å². The van der Waals surface area contributed by atoms with Gasteiger partial charge in [0.1, 0.15) is 6.33 Å². The standard InChI is InChI=1S/C14H17N5/c1-2-11-8-12(3-4-13(11)15-5-1)18-6-7-19-10-16-17-14(19)9-18/h3-4,8,10,15H,1-2,5-7,9H2. The van der Waals surface area contributed by atoms with E-state index in [9.17, 15) is 0 Å². The molecular weight excluding hydrogens is 238 g/mol. The zero-order valence-electron chi connectivity index (χ0n) is 10.8. The zero-order chi connectivity index (χ0) is 12.7. The van der Waals surface area contributed by atoms with E-state index in [1.165, 1.54) is 29.8 Å².